The van der Waals surface area contributed by atoms with Crippen molar-refractivity contribution in [1.82, 2.24) is 0 Å². The van der Waals surface area contributed by atoms with Gasteiger partial charge in [-0.1, -0.05) is 44.2 Å². The van der Waals surface area contributed by atoms with Crippen molar-refractivity contribution in [3.05, 3.63) is 35.9 Å². The van der Waals surface area contributed by atoms with Crippen LogP contribution in [0.2, 0.25) is 0 Å². The quantitative estimate of drug-likeness (QED) is 0.775. The zero-order chi connectivity index (χ0) is 15.2. The number of carbonyl (C=O) groups excluding carboxylic acids is 1. The normalized spacial score (nSPS) is 12.8. The Bertz CT molecular complexity index is 453. The molecule has 0 heterocycles. The fraction of sp³-hybridized carbons (Fsp3) is 0.467. The fourth-order valence-electron chi connectivity index (χ4n) is 1.75. The summed E-state index contributed by atoms with van der Waals surface area (Å²) in [7, 11) is 0. The van der Waals surface area contributed by atoms with Gasteiger partial charge in [0.05, 0.1) is 13.2 Å². The van der Waals surface area contributed by atoms with Crippen molar-refractivity contribution in [2.75, 3.05) is 6.61 Å². The highest BCUT2D eigenvalue weighted by molar-refractivity contribution is 5.73. The lowest BCUT2D eigenvalue weighted by Crippen LogP contribution is -2.42. The fourth-order valence-corrected chi connectivity index (χ4v) is 1.75. The second-order valence-electron chi connectivity index (χ2n) is 5.28. The number of rotatable bonds is 7. The first-order valence-electron chi connectivity index (χ1n) is 6.34. The SMILES string of the molecule is CC(=O)OCC(C)(C)[C@@H](OCc1ccccc1)C(=O)O. The summed E-state index contributed by atoms with van der Waals surface area (Å²) in [4.78, 5) is 22.2. The van der Waals surface area contributed by atoms with Gasteiger partial charge >= 0.3 is 11.9 Å². The Hall–Kier alpha value is -1.88. The van der Waals surface area contributed by atoms with Crippen molar-refractivity contribution in [2.24, 2.45) is 5.41 Å². The van der Waals surface area contributed by atoms with Crippen LogP contribution in [0.15, 0.2) is 30.3 Å². The largest absolute Gasteiger partial charge is 0.479 e. The van der Waals surface area contributed by atoms with Gasteiger partial charge in [-0.3, -0.25) is 4.79 Å². The summed E-state index contributed by atoms with van der Waals surface area (Å²) in [5.41, 5.74) is 0.0776. The lowest BCUT2D eigenvalue weighted by Gasteiger charge is -2.30. The molecular weight excluding hydrogens is 260 g/mol. The van der Waals surface area contributed by atoms with Gasteiger partial charge < -0.3 is 14.6 Å². The molecular formula is C15H20O5. The molecule has 0 aromatic heterocycles. The van der Waals surface area contributed by atoms with E-state index in [9.17, 15) is 14.7 Å². The molecule has 0 unspecified atom stereocenters. The van der Waals surface area contributed by atoms with Crippen LogP contribution in [-0.4, -0.2) is 29.8 Å². The highest BCUT2D eigenvalue weighted by Crippen LogP contribution is 2.25. The molecule has 0 spiro atoms. The van der Waals surface area contributed by atoms with Gasteiger partial charge in [-0.2, -0.15) is 0 Å². The van der Waals surface area contributed by atoms with Gasteiger partial charge in [-0.15, -0.1) is 0 Å². The van der Waals surface area contributed by atoms with Crippen LogP contribution in [0.3, 0.4) is 0 Å². The topological polar surface area (TPSA) is 72.8 Å². The van der Waals surface area contributed by atoms with E-state index in [0.29, 0.717) is 0 Å². The molecule has 1 aromatic carbocycles. The Balaban J connectivity index is 2.68. The second-order valence-corrected chi connectivity index (χ2v) is 5.28. The Labute approximate surface area is 118 Å². The standard InChI is InChI=1S/C15H20O5/c1-11(16)20-10-15(2,3)13(14(17)18)19-9-12-7-5-4-6-8-12/h4-8,13H,9-10H2,1-3H3,(H,17,18)/t13-/m0/s1. The van der Waals surface area contributed by atoms with Gasteiger partial charge in [0.1, 0.15) is 0 Å². The average molecular weight is 280 g/mol. The Kier molecular flexibility index (Phi) is 5.70. The van der Waals surface area contributed by atoms with E-state index in [1.54, 1.807) is 13.8 Å². The molecule has 0 aliphatic carbocycles. The maximum absolute atomic E-state index is 11.3. The summed E-state index contributed by atoms with van der Waals surface area (Å²) in [5, 5.41) is 9.29. The van der Waals surface area contributed by atoms with Crippen molar-refractivity contribution >= 4 is 11.9 Å². The first-order valence-corrected chi connectivity index (χ1v) is 6.34. The van der Waals surface area contributed by atoms with Crippen LogP contribution in [0.1, 0.15) is 26.3 Å². The molecule has 1 rings (SSSR count). The van der Waals surface area contributed by atoms with E-state index in [2.05, 4.69) is 0 Å². The van der Waals surface area contributed by atoms with Crippen molar-refractivity contribution in [2.45, 2.75) is 33.5 Å². The number of hydrogen-bond acceptors (Lipinski definition) is 4. The van der Waals surface area contributed by atoms with Crippen LogP contribution in [0, 0.1) is 5.41 Å². The van der Waals surface area contributed by atoms with Gasteiger partial charge in [-0.05, 0) is 5.56 Å². The van der Waals surface area contributed by atoms with E-state index in [1.165, 1.54) is 6.92 Å². The van der Waals surface area contributed by atoms with Gasteiger partial charge in [0.2, 0.25) is 0 Å². The number of hydrogen-bond donors (Lipinski definition) is 1. The monoisotopic (exact) mass is 280 g/mol. The molecule has 0 radical (unpaired) electrons. The average Bonchev–Trinajstić information content (AvgIpc) is 2.37. The summed E-state index contributed by atoms with van der Waals surface area (Å²) in [6.07, 6.45) is -1.05. The number of esters is 1. The van der Waals surface area contributed by atoms with Gasteiger partial charge in [-0.25, -0.2) is 4.79 Å². The smallest absolute Gasteiger partial charge is 0.333 e. The molecule has 110 valence electrons. The molecule has 0 saturated heterocycles. The molecule has 1 N–H and O–H groups in total. The Morgan fingerprint density at radius 2 is 1.85 bits per heavy atom. The molecule has 5 heteroatoms. The van der Waals surface area contributed by atoms with E-state index in [0.717, 1.165) is 5.56 Å². The number of ether oxygens (including phenoxy) is 2. The second kappa shape index (κ2) is 7.05. The van der Waals surface area contributed by atoms with Crippen molar-refractivity contribution in [3.8, 4) is 0 Å². The lowest BCUT2D eigenvalue weighted by atomic mass is 9.87. The van der Waals surface area contributed by atoms with Crippen LogP contribution in [0.4, 0.5) is 0 Å². The first-order chi connectivity index (χ1) is 9.33. The van der Waals surface area contributed by atoms with Crippen LogP contribution in [-0.2, 0) is 25.7 Å². The summed E-state index contributed by atoms with van der Waals surface area (Å²) in [6.45, 7) is 4.87. The number of carbonyl (C=O) groups is 2. The van der Waals surface area contributed by atoms with Gasteiger partial charge in [0, 0.05) is 12.3 Å². The van der Waals surface area contributed by atoms with E-state index in [1.807, 2.05) is 30.3 Å². The third-order valence-electron chi connectivity index (χ3n) is 2.84. The van der Waals surface area contributed by atoms with Crippen LogP contribution >= 0.6 is 0 Å². The van der Waals surface area contributed by atoms with Crippen LogP contribution < -0.4 is 0 Å². The third-order valence-corrected chi connectivity index (χ3v) is 2.84. The summed E-state index contributed by atoms with van der Waals surface area (Å²) in [6, 6.07) is 9.32. The number of aliphatic carboxylic acids is 1. The minimum Gasteiger partial charge on any atom is -0.479 e. The molecule has 1 aromatic rings. The summed E-state index contributed by atoms with van der Waals surface area (Å²) >= 11 is 0. The molecule has 0 bridgehead atoms. The molecule has 0 fully saturated rings. The molecule has 5 nitrogen and oxygen atoms in total. The minimum absolute atomic E-state index is 0.00586. The van der Waals surface area contributed by atoms with E-state index in [-0.39, 0.29) is 13.2 Å². The van der Waals surface area contributed by atoms with Gasteiger partial charge in [0.25, 0.3) is 0 Å². The lowest BCUT2D eigenvalue weighted by molar-refractivity contribution is -0.168. The zero-order valence-corrected chi connectivity index (χ0v) is 12.0. The highest BCUT2D eigenvalue weighted by atomic mass is 16.5. The summed E-state index contributed by atoms with van der Waals surface area (Å²) in [5.74, 6) is -1.51. The Morgan fingerprint density at radius 1 is 1.25 bits per heavy atom. The third kappa shape index (κ3) is 5.01. The number of carboxylic acid groups (broad SMARTS) is 1. The molecule has 0 saturated carbocycles. The van der Waals surface area contributed by atoms with E-state index >= 15 is 0 Å². The first kappa shape index (κ1) is 16.2. The van der Waals surface area contributed by atoms with E-state index in [4.69, 9.17) is 9.47 Å². The maximum atomic E-state index is 11.3. The van der Waals surface area contributed by atoms with Crippen molar-refractivity contribution < 1.29 is 24.2 Å². The molecule has 0 aliphatic rings. The van der Waals surface area contributed by atoms with Crippen molar-refractivity contribution in [3.63, 3.8) is 0 Å². The van der Waals surface area contributed by atoms with Gasteiger partial charge in [0.15, 0.2) is 6.10 Å². The van der Waals surface area contributed by atoms with Crippen LogP contribution in [0.25, 0.3) is 0 Å². The Morgan fingerprint density at radius 3 is 2.35 bits per heavy atom. The van der Waals surface area contributed by atoms with E-state index < -0.39 is 23.5 Å². The maximum Gasteiger partial charge on any atom is 0.333 e. The highest BCUT2D eigenvalue weighted by Gasteiger charge is 2.37. The number of benzene rings is 1. The number of carboxylic acids is 1. The predicted molar refractivity (Wildman–Crippen MR) is 73.1 cm³/mol. The molecule has 0 aliphatic heterocycles. The predicted octanol–water partition coefficient (Wildman–Crippen LogP) is 2.25. The molecule has 20 heavy (non-hydrogen) atoms. The zero-order valence-electron chi connectivity index (χ0n) is 12.0. The van der Waals surface area contributed by atoms with Crippen molar-refractivity contribution in [1.29, 1.82) is 0 Å². The minimum atomic E-state index is -1.07. The molecule has 0 amide bonds. The summed E-state index contributed by atoms with van der Waals surface area (Å²) < 4.78 is 10.4. The van der Waals surface area contributed by atoms with Crippen LogP contribution in [0.5, 0.6) is 0 Å². The molecule has 1 atom stereocenters.